The number of benzene rings is 2. The summed E-state index contributed by atoms with van der Waals surface area (Å²) in [4.78, 5) is 7.89. The molecule has 0 aliphatic carbocycles. The quantitative estimate of drug-likeness (QED) is 0.692. The maximum Gasteiger partial charge on any atom is 0.106 e. The molecular weight excluding hydrogens is 294 g/mol. The van der Waals surface area contributed by atoms with Crippen molar-refractivity contribution in [1.29, 1.82) is 0 Å². The van der Waals surface area contributed by atoms with Crippen LogP contribution in [0, 0.1) is 6.92 Å². The van der Waals surface area contributed by atoms with E-state index in [0.29, 0.717) is 12.5 Å². The summed E-state index contributed by atoms with van der Waals surface area (Å²) in [5, 5.41) is 0. The molecule has 3 N–H and O–H groups in total. The second-order valence-corrected chi connectivity index (χ2v) is 6.31. The molecule has 0 aliphatic rings. The second-order valence-electron chi connectivity index (χ2n) is 6.31. The summed E-state index contributed by atoms with van der Waals surface area (Å²) in [7, 11) is 0. The first-order valence-electron chi connectivity index (χ1n) is 8.60. The number of aromatic nitrogens is 2. The van der Waals surface area contributed by atoms with Gasteiger partial charge in [-0.2, -0.15) is 0 Å². The standard InChI is InChI=1S/C21H25N3/c1-16-6-5-9-18(14-16)20(17-7-3-2-4-8-17)10-11-21-23-15-19(24-21)12-13-22/h2-9,14-15,20H,10-13,22H2,1H3,(H,23,24). The fraction of sp³-hybridized carbons (Fsp3) is 0.286. The van der Waals surface area contributed by atoms with E-state index in [4.69, 9.17) is 5.73 Å². The van der Waals surface area contributed by atoms with E-state index in [1.165, 1.54) is 16.7 Å². The molecule has 0 spiro atoms. The highest BCUT2D eigenvalue weighted by molar-refractivity contribution is 5.34. The van der Waals surface area contributed by atoms with Gasteiger partial charge in [0.1, 0.15) is 5.82 Å². The lowest BCUT2D eigenvalue weighted by Crippen LogP contribution is -2.05. The number of nitrogens with two attached hydrogens (primary N) is 1. The van der Waals surface area contributed by atoms with E-state index in [0.717, 1.165) is 30.8 Å². The van der Waals surface area contributed by atoms with Gasteiger partial charge < -0.3 is 10.7 Å². The predicted molar refractivity (Wildman–Crippen MR) is 99.1 cm³/mol. The molecule has 3 nitrogen and oxygen atoms in total. The van der Waals surface area contributed by atoms with E-state index >= 15 is 0 Å². The SMILES string of the molecule is Cc1cccc(C(CCc2ncc(CCN)[nH]2)c2ccccc2)c1. The van der Waals surface area contributed by atoms with Gasteiger partial charge in [-0.1, -0.05) is 60.2 Å². The summed E-state index contributed by atoms with van der Waals surface area (Å²) >= 11 is 0. The molecule has 1 aromatic heterocycles. The molecule has 24 heavy (non-hydrogen) atoms. The minimum absolute atomic E-state index is 0.383. The number of rotatable bonds is 7. The van der Waals surface area contributed by atoms with E-state index in [-0.39, 0.29) is 0 Å². The van der Waals surface area contributed by atoms with Crippen molar-refractivity contribution < 1.29 is 0 Å². The Morgan fingerprint density at radius 3 is 2.54 bits per heavy atom. The first-order chi connectivity index (χ1) is 11.8. The van der Waals surface area contributed by atoms with E-state index in [2.05, 4.69) is 71.5 Å². The molecule has 0 radical (unpaired) electrons. The average Bonchev–Trinajstić information content (AvgIpc) is 3.04. The fourth-order valence-electron chi connectivity index (χ4n) is 3.19. The smallest absolute Gasteiger partial charge is 0.106 e. The summed E-state index contributed by atoms with van der Waals surface area (Å²) in [5.41, 5.74) is 10.8. The summed E-state index contributed by atoms with van der Waals surface area (Å²) in [6.45, 7) is 2.80. The lowest BCUT2D eigenvalue weighted by molar-refractivity contribution is 0.693. The molecule has 0 fully saturated rings. The number of imidazole rings is 1. The van der Waals surface area contributed by atoms with Crippen molar-refractivity contribution in [2.24, 2.45) is 5.73 Å². The van der Waals surface area contributed by atoms with Gasteiger partial charge in [0.15, 0.2) is 0 Å². The largest absolute Gasteiger partial charge is 0.346 e. The molecule has 3 heteroatoms. The Balaban J connectivity index is 1.79. The Hall–Kier alpha value is -2.39. The van der Waals surface area contributed by atoms with Crippen molar-refractivity contribution in [3.63, 3.8) is 0 Å². The minimum Gasteiger partial charge on any atom is -0.346 e. The summed E-state index contributed by atoms with van der Waals surface area (Å²) in [5.74, 6) is 1.43. The molecule has 0 aliphatic heterocycles. The zero-order valence-corrected chi connectivity index (χ0v) is 14.2. The molecule has 2 aromatic carbocycles. The highest BCUT2D eigenvalue weighted by atomic mass is 14.9. The second kappa shape index (κ2) is 7.93. The van der Waals surface area contributed by atoms with Crippen LogP contribution in [0.5, 0.6) is 0 Å². The molecule has 0 saturated carbocycles. The van der Waals surface area contributed by atoms with E-state index in [1.54, 1.807) is 0 Å². The van der Waals surface area contributed by atoms with Gasteiger partial charge in [-0.3, -0.25) is 0 Å². The van der Waals surface area contributed by atoms with Gasteiger partial charge in [0.25, 0.3) is 0 Å². The zero-order chi connectivity index (χ0) is 16.8. The number of aromatic amines is 1. The van der Waals surface area contributed by atoms with Crippen molar-refractivity contribution in [1.82, 2.24) is 9.97 Å². The third-order valence-electron chi connectivity index (χ3n) is 4.41. The van der Waals surface area contributed by atoms with Crippen molar-refractivity contribution in [2.75, 3.05) is 6.54 Å². The number of hydrogen-bond acceptors (Lipinski definition) is 2. The van der Waals surface area contributed by atoms with E-state index in [9.17, 15) is 0 Å². The lowest BCUT2D eigenvalue weighted by atomic mass is 9.87. The van der Waals surface area contributed by atoms with Gasteiger partial charge in [0.2, 0.25) is 0 Å². The summed E-state index contributed by atoms with van der Waals surface area (Å²) in [6, 6.07) is 19.6. The van der Waals surface area contributed by atoms with Crippen molar-refractivity contribution >= 4 is 0 Å². The molecule has 1 heterocycles. The van der Waals surface area contributed by atoms with Crippen LogP contribution in [0.25, 0.3) is 0 Å². The van der Waals surface area contributed by atoms with Crippen LogP contribution in [0.1, 0.15) is 40.5 Å². The molecule has 0 bridgehead atoms. The molecule has 0 saturated heterocycles. The van der Waals surface area contributed by atoms with E-state index in [1.807, 2.05) is 6.20 Å². The molecule has 1 unspecified atom stereocenters. The molecule has 124 valence electrons. The normalized spacial score (nSPS) is 12.2. The van der Waals surface area contributed by atoms with Crippen LogP contribution in [0.3, 0.4) is 0 Å². The zero-order valence-electron chi connectivity index (χ0n) is 14.2. The Labute approximate surface area is 144 Å². The Morgan fingerprint density at radius 1 is 1.00 bits per heavy atom. The topological polar surface area (TPSA) is 54.7 Å². The summed E-state index contributed by atoms with van der Waals surface area (Å²) in [6.07, 6.45) is 4.72. The molecular formula is C21H25N3. The van der Waals surface area contributed by atoms with Gasteiger partial charge in [0.05, 0.1) is 0 Å². The number of nitrogens with one attached hydrogen (secondary N) is 1. The highest BCUT2D eigenvalue weighted by Gasteiger charge is 2.15. The molecule has 1 atom stereocenters. The molecule has 3 aromatic rings. The predicted octanol–water partition coefficient (Wildman–Crippen LogP) is 3.98. The third kappa shape index (κ3) is 4.12. The van der Waals surface area contributed by atoms with E-state index < -0.39 is 0 Å². The maximum absolute atomic E-state index is 5.61. The van der Waals surface area contributed by atoms with Crippen LogP contribution in [0.2, 0.25) is 0 Å². The fourth-order valence-corrected chi connectivity index (χ4v) is 3.19. The summed E-state index contributed by atoms with van der Waals surface area (Å²) < 4.78 is 0. The van der Waals surface area contributed by atoms with Gasteiger partial charge in [-0.05, 0) is 31.0 Å². The van der Waals surface area contributed by atoms with Crippen LogP contribution in [-0.2, 0) is 12.8 Å². The van der Waals surface area contributed by atoms with Crippen LogP contribution in [-0.4, -0.2) is 16.5 Å². The van der Waals surface area contributed by atoms with Gasteiger partial charge >= 0.3 is 0 Å². The van der Waals surface area contributed by atoms with Gasteiger partial charge in [0, 0.05) is 30.7 Å². The number of hydrogen-bond donors (Lipinski definition) is 2. The number of nitrogens with zero attached hydrogens (tertiary/aromatic N) is 1. The average molecular weight is 319 g/mol. The lowest BCUT2D eigenvalue weighted by Gasteiger charge is -2.18. The molecule has 0 amide bonds. The monoisotopic (exact) mass is 319 g/mol. The van der Waals surface area contributed by atoms with Crippen molar-refractivity contribution in [2.45, 2.75) is 32.1 Å². The van der Waals surface area contributed by atoms with Gasteiger partial charge in [-0.25, -0.2) is 4.98 Å². The third-order valence-corrected chi connectivity index (χ3v) is 4.41. The molecule has 3 rings (SSSR count). The van der Waals surface area contributed by atoms with Crippen molar-refractivity contribution in [3.05, 3.63) is 89.0 Å². The highest BCUT2D eigenvalue weighted by Crippen LogP contribution is 2.29. The Bertz CT molecular complexity index is 762. The number of aryl methyl sites for hydroxylation is 2. The maximum atomic E-state index is 5.61. The van der Waals surface area contributed by atoms with Crippen LogP contribution in [0.15, 0.2) is 60.8 Å². The van der Waals surface area contributed by atoms with Crippen LogP contribution in [0.4, 0.5) is 0 Å². The Morgan fingerprint density at radius 2 is 1.79 bits per heavy atom. The first-order valence-corrected chi connectivity index (χ1v) is 8.60. The minimum atomic E-state index is 0.383. The van der Waals surface area contributed by atoms with Crippen molar-refractivity contribution in [3.8, 4) is 0 Å². The van der Waals surface area contributed by atoms with Crippen LogP contribution >= 0.6 is 0 Å². The Kier molecular flexibility index (Phi) is 5.44. The number of H-pyrrole nitrogens is 1. The van der Waals surface area contributed by atoms with Crippen LogP contribution < -0.4 is 5.73 Å². The first kappa shape index (κ1) is 16.5. The van der Waals surface area contributed by atoms with Gasteiger partial charge in [-0.15, -0.1) is 0 Å².